The van der Waals surface area contributed by atoms with Crippen LogP contribution in [0.2, 0.25) is 0 Å². The molecule has 1 N–H and O–H groups in total. The highest BCUT2D eigenvalue weighted by Crippen LogP contribution is 2.27. The van der Waals surface area contributed by atoms with Crippen LogP contribution in [-0.2, 0) is 7.05 Å². The molecule has 5 nitrogen and oxygen atoms in total. The first-order chi connectivity index (χ1) is 12.6. The normalized spacial score (nSPS) is 12.5. The van der Waals surface area contributed by atoms with Crippen molar-refractivity contribution in [1.82, 2.24) is 14.5 Å². The van der Waals surface area contributed by atoms with Gasteiger partial charge in [-0.1, -0.05) is 42.1 Å². The Balaban J connectivity index is 1.69. The van der Waals surface area contributed by atoms with Gasteiger partial charge in [-0.3, -0.25) is 14.2 Å². The van der Waals surface area contributed by atoms with Crippen LogP contribution in [-0.4, -0.2) is 25.6 Å². The van der Waals surface area contributed by atoms with Gasteiger partial charge >= 0.3 is 0 Å². The molecule has 0 saturated carbocycles. The van der Waals surface area contributed by atoms with Crippen LogP contribution in [0.5, 0.6) is 0 Å². The minimum absolute atomic E-state index is 0.00913. The lowest BCUT2D eigenvalue weighted by Crippen LogP contribution is -2.22. The molecular weight excluding hydrogens is 346 g/mol. The van der Waals surface area contributed by atoms with Gasteiger partial charge in [0.2, 0.25) is 0 Å². The number of para-hydroxylation sites is 2. The van der Waals surface area contributed by atoms with Crippen molar-refractivity contribution in [3.8, 4) is 0 Å². The molecule has 2 aromatic carbocycles. The minimum atomic E-state index is -0.367. The van der Waals surface area contributed by atoms with Crippen LogP contribution in [0, 0.1) is 0 Å². The summed E-state index contributed by atoms with van der Waals surface area (Å²) in [6.45, 7) is 1.84. The number of nitrogens with zero attached hydrogens (tertiary/aromatic N) is 2. The molecular formula is C20H17N3O2S. The van der Waals surface area contributed by atoms with Crippen LogP contribution >= 0.6 is 11.8 Å². The lowest BCUT2D eigenvalue weighted by Gasteiger charge is -2.13. The van der Waals surface area contributed by atoms with Gasteiger partial charge in [-0.05, 0) is 25.1 Å². The Morgan fingerprint density at radius 3 is 2.62 bits per heavy atom. The number of thioether (sulfide) groups is 1. The summed E-state index contributed by atoms with van der Waals surface area (Å²) in [6, 6.07) is 15.0. The third-order valence-corrected chi connectivity index (χ3v) is 5.59. The number of rotatable bonds is 4. The molecule has 4 aromatic rings. The molecule has 0 bridgehead atoms. The van der Waals surface area contributed by atoms with Crippen molar-refractivity contribution in [2.75, 3.05) is 0 Å². The number of ketones is 1. The Kier molecular flexibility index (Phi) is 4.12. The molecule has 1 atom stereocenters. The first kappa shape index (κ1) is 16.6. The average Bonchev–Trinajstić information content (AvgIpc) is 3.09. The summed E-state index contributed by atoms with van der Waals surface area (Å²) < 4.78 is 1.51. The number of aromatic nitrogens is 3. The van der Waals surface area contributed by atoms with Gasteiger partial charge in [-0.25, -0.2) is 4.98 Å². The highest BCUT2D eigenvalue weighted by molar-refractivity contribution is 8.00. The molecule has 4 rings (SSSR count). The number of carbonyl (C=O) groups is 1. The summed E-state index contributed by atoms with van der Waals surface area (Å²) in [5, 5.41) is 1.66. The van der Waals surface area contributed by atoms with E-state index < -0.39 is 0 Å². The molecule has 0 aliphatic heterocycles. The molecule has 130 valence electrons. The Morgan fingerprint density at radius 1 is 1.12 bits per heavy atom. The largest absolute Gasteiger partial charge is 0.360 e. The van der Waals surface area contributed by atoms with Gasteiger partial charge in [-0.15, -0.1) is 0 Å². The van der Waals surface area contributed by atoms with Gasteiger partial charge < -0.3 is 4.98 Å². The van der Waals surface area contributed by atoms with Crippen LogP contribution in [0.1, 0.15) is 17.3 Å². The number of H-pyrrole nitrogens is 1. The molecule has 0 aliphatic rings. The first-order valence-corrected chi connectivity index (χ1v) is 9.17. The molecule has 0 radical (unpaired) electrons. The van der Waals surface area contributed by atoms with Crippen molar-refractivity contribution >= 4 is 39.4 Å². The summed E-state index contributed by atoms with van der Waals surface area (Å²) in [6.07, 6.45) is 1.75. The predicted octanol–water partition coefficient (Wildman–Crippen LogP) is 3.78. The molecule has 0 aliphatic carbocycles. The lowest BCUT2D eigenvalue weighted by atomic mass is 10.1. The number of fused-ring (bicyclic) bond motifs is 2. The van der Waals surface area contributed by atoms with Crippen LogP contribution in [0.4, 0.5) is 0 Å². The van der Waals surface area contributed by atoms with Gasteiger partial charge in [0.05, 0.1) is 16.2 Å². The van der Waals surface area contributed by atoms with Gasteiger partial charge in [-0.2, -0.15) is 0 Å². The van der Waals surface area contributed by atoms with Crippen LogP contribution in [0.3, 0.4) is 0 Å². The smallest absolute Gasteiger partial charge is 0.261 e. The van der Waals surface area contributed by atoms with E-state index in [4.69, 9.17) is 0 Å². The maximum Gasteiger partial charge on any atom is 0.261 e. The quantitative estimate of drug-likeness (QED) is 0.340. The van der Waals surface area contributed by atoms with Crippen LogP contribution < -0.4 is 5.56 Å². The monoisotopic (exact) mass is 363 g/mol. The minimum Gasteiger partial charge on any atom is -0.360 e. The van der Waals surface area contributed by atoms with Crippen molar-refractivity contribution in [3.05, 3.63) is 70.6 Å². The second-order valence-corrected chi connectivity index (χ2v) is 7.46. The number of benzene rings is 2. The highest BCUT2D eigenvalue weighted by Gasteiger charge is 2.22. The number of hydrogen-bond acceptors (Lipinski definition) is 4. The lowest BCUT2D eigenvalue weighted by molar-refractivity contribution is 0.0995. The van der Waals surface area contributed by atoms with Crippen molar-refractivity contribution < 1.29 is 4.79 Å². The fourth-order valence-electron chi connectivity index (χ4n) is 3.01. The van der Waals surface area contributed by atoms with E-state index in [1.54, 1.807) is 19.3 Å². The van der Waals surface area contributed by atoms with Crippen LogP contribution in [0.15, 0.2) is 64.7 Å². The molecule has 2 heterocycles. The fraction of sp³-hybridized carbons (Fsp3) is 0.150. The zero-order valence-corrected chi connectivity index (χ0v) is 15.2. The van der Waals surface area contributed by atoms with E-state index in [0.717, 1.165) is 10.9 Å². The number of Topliss-reactive ketones (excluding diaryl/α,β-unsaturated/α-hetero) is 1. The molecule has 0 spiro atoms. The van der Waals surface area contributed by atoms with E-state index >= 15 is 0 Å². The Bertz CT molecular complexity index is 1190. The van der Waals surface area contributed by atoms with E-state index in [-0.39, 0.29) is 16.6 Å². The van der Waals surface area contributed by atoms with E-state index in [1.165, 1.54) is 16.3 Å². The maximum absolute atomic E-state index is 12.9. The van der Waals surface area contributed by atoms with Crippen molar-refractivity contribution in [3.63, 3.8) is 0 Å². The molecule has 0 fully saturated rings. The average molecular weight is 363 g/mol. The maximum atomic E-state index is 12.9. The SMILES string of the molecule is C[C@H](Sc1nc2ccccc2c(=O)n1C)C(=O)c1c[nH]c2ccccc12. The summed E-state index contributed by atoms with van der Waals surface area (Å²) in [4.78, 5) is 33.2. The van der Waals surface area contributed by atoms with Gasteiger partial charge in [0.15, 0.2) is 10.9 Å². The topological polar surface area (TPSA) is 67.8 Å². The summed E-state index contributed by atoms with van der Waals surface area (Å²) in [5.41, 5.74) is 2.13. The molecule has 0 unspecified atom stereocenters. The zero-order valence-electron chi connectivity index (χ0n) is 14.4. The third kappa shape index (κ3) is 2.72. The number of hydrogen-bond donors (Lipinski definition) is 1. The second-order valence-electron chi connectivity index (χ2n) is 6.15. The number of carbonyl (C=O) groups excluding carboxylic acids is 1. The Morgan fingerprint density at radius 2 is 1.81 bits per heavy atom. The highest BCUT2D eigenvalue weighted by atomic mass is 32.2. The number of aromatic amines is 1. The fourth-order valence-corrected chi connectivity index (χ4v) is 3.95. The van der Waals surface area contributed by atoms with Gasteiger partial charge in [0.1, 0.15) is 0 Å². The van der Waals surface area contributed by atoms with Gasteiger partial charge in [0.25, 0.3) is 5.56 Å². The van der Waals surface area contributed by atoms with Gasteiger partial charge in [0, 0.05) is 29.7 Å². The zero-order chi connectivity index (χ0) is 18.3. The van der Waals surface area contributed by atoms with Crippen molar-refractivity contribution in [2.24, 2.45) is 7.05 Å². The number of nitrogens with one attached hydrogen (secondary N) is 1. The van der Waals surface area contributed by atoms with E-state index in [2.05, 4.69) is 9.97 Å². The van der Waals surface area contributed by atoms with E-state index in [0.29, 0.717) is 21.6 Å². The van der Waals surface area contributed by atoms with Crippen molar-refractivity contribution in [2.45, 2.75) is 17.3 Å². The summed E-state index contributed by atoms with van der Waals surface area (Å²) in [7, 11) is 1.69. The van der Waals surface area contributed by atoms with E-state index in [9.17, 15) is 9.59 Å². The molecule has 2 aromatic heterocycles. The molecule has 0 amide bonds. The molecule has 6 heteroatoms. The summed E-state index contributed by atoms with van der Waals surface area (Å²) >= 11 is 1.30. The van der Waals surface area contributed by atoms with Crippen molar-refractivity contribution in [1.29, 1.82) is 0 Å². The Hall–Kier alpha value is -2.86. The first-order valence-electron chi connectivity index (χ1n) is 8.29. The Labute approximate surface area is 154 Å². The second kappa shape index (κ2) is 6.46. The molecule has 0 saturated heterocycles. The van der Waals surface area contributed by atoms with Crippen LogP contribution in [0.25, 0.3) is 21.8 Å². The predicted molar refractivity (Wildman–Crippen MR) is 105 cm³/mol. The molecule has 26 heavy (non-hydrogen) atoms. The third-order valence-electron chi connectivity index (χ3n) is 4.45. The summed E-state index contributed by atoms with van der Waals surface area (Å²) in [5.74, 6) is 0.00913. The van der Waals surface area contributed by atoms with E-state index in [1.807, 2.05) is 49.4 Å². The standard InChI is InChI=1S/C20H17N3O2S/c1-12(18(24)15-11-21-16-9-5-3-7-13(15)16)26-20-22-17-10-6-4-8-14(17)19(25)23(20)2/h3-12,21H,1-2H3/t12-/m0/s1.